The lowest BCUT2D eigenvalue weighted by Crippen LogP contribution is -2.36. The largest absolute Gasteiger partial charge is 0.488 e. The Morgan fingerprint density at radius 3 is 2.59 bits per heavy atom. The molecule has 2 aromatic rings. The van der Waals surface area contributed by atoms with Crippen molar-refractivity contribution in [3.8, 4) is 17.2 Å². The summed E-state index contributed by atoms with van der Waals surface area (Å²) in [6.07, 6.45) is -0.761. The Labute approximate surface area is 159 Å². The Morgan fingerprint density at radius 1 is 1.11 bits per heavy atom. The summed E-state index contributed by atoms with van der Waals surface area (Å²) in [6.45, 7) is 5.66. The highest BCUT2D eigenvalue weighted by atomic mass is 19.1. The number of aliphatic hydroxyl groups is 1. The first-order valence-corrected chi connectivity index (χ1v) is 9.23. The zero-order valence-corrected chi connectivity index (χ0v) is 15.7. The molecule has 0 radical (unpaired) electrons. The van der Waals surface area contributed by atoms with Crippen LogP contribution >= 0.6 is 0 Å². The van der Waals surface area contributed by atoms with Gasteiger partial charge in [0.25, 0.3) is 0 Å². The van der Waals surface area contributed by atoms with Crippen molar-refractivity contribution in [2.24, 2.45) is 5.92 Å². The average Bonchev–Trinajstić information content (AvgIpc) is 2.67. The van der Waals surface area contributed by atoms with Gasteiger partial charge in [-0.2, -0.15) is 0 Å². The van der Waals surface area contributed by atoms with E-state index in [9.17, 15) is 9.50 Å². The number of para-hydroxylation sites is 1. The fourth-order valence-electron chi connectivity index (χ4n) is 3.06. The summed E-state index contributed by atoms with van der Waals surface area (Å²) in [6, 6.07) is 12.1. The van der Waals surface area contributed by atoms with Crippen molar-refractivity contribution in [2.75, 3.05) is 26.4 Å². The van der Waals surface area contributed by atoms with Crippen LogP contribution in [0.5, 0.6) is 17.2 Å². The first kappa shape index (κ1) is 19.5. The molecular weight excluding hydrogens is 349 g/mol. The summed E-state index contributed by atoms with van der Waals surface area (Å²) in [4.78, 5) is 0. The second kappa shape index (κ2) is 9.06. The lowest BCUT2D eigenvalue weighted by Gasteiger charge is -2.26. The molecule has 1 heterocycles. The van der Waals surface area contributed by atoms with E-state index in [4.69, 9.17) is 14.2 Å². The van der Waals surface area contributed by atoms with Crippen molar-refractivity contribution in [3.05, 3.63) is 53.8 Å². The van der Waals surface area contributed by atoms with Crippen LogP contribution < -0.4 is 19.5 Å². The van der Waals surface area contributed by atoms with E-state index in [1.807, 2.05) is 18.2 Å². The van der Waals surface area contributed by atoms with Gasteiger partial charge in [0, 0.05) is 12.6 Å². The normalized spacial score (nSPS) is 15.4. The van der Waals surface area contributed by atoms with E-state index >= 15 is 0 Å². The van der Waals surface area contributed by atoms with E-state index in [1.165, 1.54) is 6.07 Å². The van der Waals surface area contributed by atoms with E-state index in [1.54, 1.807) is 18.2 Å². The van der Waals surface area contributed by atoms with Crippen LogP contribution in [0.25, 0.3) is 0 Å². The maximum Gasteiger partial charge on any atom is 0.165 e. The number of nitrogens with one attached hydrogen (secondary N) is 1. The molecule has 0 spiro atoms. The fraction of sp³-hybridized carbons (Fsp3) is 0.429. The number of aliphatic hydroxyl groups excluding tert-OH is 1. The number of halogens is 1. The Bertz CT molecular complexity index is 753. The van der Waals surface area contributed by atoms with Gasteiger partial charge in [-0.15, -0.1) is 0 Å². The molecule has 0 aromatic heterocycles. The molecule has 0 bridgehead atoms. The third-order valence-corrected chi connectivity index (χ3v) is 4.43. The minimum atomic E-state index is -0.761. The summed E-state index contributed by atoms with van der Waals surface area (Å²) < 4.78 is 30.2. The number of rotatable bonds is 8. The van der Waals surface area contributed by atoms with Gasteiger partial charge in [-0.05, 0) is 35.7 Å². The topological polar surface area (TPSA) is 60.0 Å². The van der Waals surface area contributed by atoms with Gasteiger partial charge < -0.3 is 24.6 Å². The van der Waals surface area contributed by atoms with Crippen molar-refractivity contribution in [1.29, 1.82) is 0 Å². The molecule has 1 aliphatic rings. The minimum Gasteiger partial charge on any atom is -0.488 e. The molecule has 2 aromatic carbocycles. The van der Waals surface area contributed by atoms with Gasteiger partial charge in [0.05, 0.1) is 0 Å². The molecule has 5 nitrogen and oxygen atoms in total. The Balaban J connectivity index is 1.57. The second-order valence-electron chi connectivity index (χ2n) is 6.93. The van der Waals surface area contributed by atoms with Crippen molar-refractivity contribution >= 4 is 0 Å². The number of ether oxygens (including phenoxy) is 3. The van der Waals surface area contributed by atoms with Crippen molar-refractivity contribution in [1.82, 2.24) is 5.32 Å². The molecule has 6 heteroatoms. The summed E-state index contributed by atoms with van der Waals surface area (Å²) in [5.74, 6) is 1.51. The van der Waals surface area contributed by atoms with Crippen LogP contribution in [0.15, 0.2) is 42.5 Å². The molecule has 0 aliphatic carbocycles. The number of benzene rings is 2. The average molecular weight is 375 g/mol. The maximum atomic E-state index is 13.6. The monoisotopic (exact) mass is 375 g/mol. The SMILES string of the molecule is CC(C)[C@H](NC[C@@H](O)COc1ccccc1F)c1ccc2c(c1)OCCO2. The molecule has 2 N–H and O–H groups in total. The summed E-state index contributed by atoms with van der Waals surface area (Å²) >= 11 is 0. The van der Waals surface area contributed by atoms with Crippen molar-refractivity contribution < 1.29 is 23.7 Å². The predicted molar refractivity (Wildman–Crippen MR) is 101 cm³/mol. The third kappa shape index (κ3) is 5.11. The molecule has 1 aliphatic heterocycles. The zero-order chi connectivity index (χ0) is 19.2. The third-order valence-electron chi connectivity index (χ3n) is 4.43. The fourth-order valence-corrected chi connectivity index (χ4v) is 3.06. The lowest BCUT2D eigenvalue weighted by molar-refractivity contribution is 0.0993. The van der Waals surface area contributed by atoms with Gasteiger partial charge in [-0.3, -0.25) is 0 Å². The predicted octanol–water partition coefficient (Wildman–Crippen LogP) is 3.32. The maximum absolute atomic E-state index is 13.6. The number of hydrogen-bond acceptors (Lipinski definition) is 5. The zero-order valence-electron chi connectivity index (χ0n) is 15.7. The first-order valence-electron chi connectivity index (χ1n) is 9.23. The van der Waals surface area contributed by atoms with Crippen LogP contribution in [-0.2, 0) is 0 Å². The molecule has 2 atom stereocenters. The molecule has 146 valence electrons. The Kier molecular flexibility index (Phi) is 6.53. The molecule has 0 amide bonds. The highest BCUT2D eigenvalue weighted by Gasteiger charge is 2.20. The van der Waals surface area contributed by atoms with E-state index < -0.39 is 11.9 Å². The van der Waals surface area contributed by atoms with E-state index in [0.29, 0.717) is 25.7 Å². The van der Waals surface area contributed by atoms with Gasteiger partial charge in [-0.25, -0.2) is 4.39 Å². The van der Waals surface area contributed by atoms with Crippen LogP contribution in [-0.4, -0.2) is 37.6 Å². The molecule has 0 unspecified atom stereocenters. The molecule has 0 saturated carbocycles. The molecular formula is C21H26FNO4. The summed E-state index contributed by atoms with van der Waals surface area (Å²) in [7, 11) is 0. The van der Waals surface area contributed by atoms with Crippen LogP contribution in [0.2, 0.25) is 0 Å². The standard InChI is InChI=1S/C21H26FNO4/c1-14(2)21(15-7-8-19-20(11-15)26-10-9-25-19)23-12-16(24)13-27-18-6-4-3-5-17(18)22/h3-8,11,14,16,21,23-24H,9-10,12-13H2,1-2H3/t16-,21+/m1/s1. The van der Waals surface area contributed by atoms with Crippen molar-refractivity contribution in [3.63, 3.8) is 0 Å². The van der Waals surface area contributed by atoms with Gasteiger partial charge in [0.15, 0.2) is 23.1 Å². The Hall–Kier alpha value is -2.31. The summed E-state index contributed by atoms with van der Waals surface area (Å²) in [5, 5.41) is 13.6. The minimum absolute atomic E-state index is 0.0138. The quantitative estimate of drug-likeness (QED) is 0.741. The molecule has 0 saturated heterocycles. The van der Waals surface area contributed by atoms with E-state index in [0.717, 1.165) is 17.1 Å². The molecule has 3 rings (SSSR count). The first-order chi connectivity index (χ1) is 13.0. The van der Waals surface area contributed by atoms with Crippen LogP contribution in [0.3, 0.4) is 0 Å². The lowest BCUT2D eigenvalue weighted by atomic mass is 9.95. The van der Waals surface area contributed by atoms with E-state index in [-0.39, 0.29) is 18.4 Å². The van der Waals surface area contributed by atoms with Crippen molar-refractivity contribution in [2.45, 2.75) is 26.0 Å². The highest BCUT2D eigenvalue weighted by molar-refractivity contribution is 5.44. The smallest absolute Gasteiger partial charge is 0.165 e. The number of fused-ring (bicyclic) bond motifs is 1. The van der Waals surface area contributed by atoms with Gasteiger partial charge >= 0.3 is 0 Å². The van der Waals surface area contributed by atoms with Crippen LogP contribution in [0, 0.1) is 11.7 Å². The molecule has 0 fully saturated rings. The molecule has 27 heavy (non-hydrogen) atoms. The van der Waals surface area contributed by atoms with Gasteiger partial charge in [0.1, 0.15) is 25.9 Å². The van der Waals surface area contributed by atoms with Gasteiger partial charge in [0.2, 0.25) is 0 Å². The van der Waals surface area contributed by atoms with Crippen LogP contribution in [0.1, 0.15) is 25.5 Å². The Morgan fingerprint density at radius 2 is 1.85 bits per heavy atom. The van der Waals surface area contributed by atoms with Gasteiger partial charge in [-0.1, -0.05) is 32.0 Å². The van der Waals surface area contributed by atoms with Crippen LogP contribution in [0.4, 0.5) is 4.39 Å². The second-order valence-corrected chi connectivity index (χ2v) is 6.93. The van der Waals surface area contributed by atoms with E-state index in [2.05, 4.69) is 19.2 Å². The highest BCUT2D eigenvalue weighted by Crippen LogP contribution is 2.34. The summed E-state index contributed by atoms with van der Waals surface area (Å²) in [5.41, 5.74) is 1.07. The number of hydrogen-bond donors (Lipinski definition) is 2.